The SMILES string of the molecule is CCC1CCC(N2C(=O)C3CCCN3C(=O)C2C)C1C. The second-order valence-electron chi connectivity index (χ2n) is 6.78. The van der Waals surface area contributed by atoms with Crippen LogP contribution in [-0.4, -0.2) is 46.3 Å². The predicted octanol–water partition coefficient (Wildman–Crippen LogP) is 2.03. The summed E-state index contributed by atoms with van der Waals surface area (Å²) in [5.41, 5.74) is 0. The summed E-state index contributed by atoms with van der Waals surface area (Å²) < 4.78 is 0. The van der Waals surface area contributed by atoms with Crippen LogP contribution in [0.5, 0.6) is 0 Å². The van der Waals surface area contributed by atoms with E-state index in [1.54, 1.807) is 0 Å². The van der Waals surface area contributed by atoms with E-state index in [1.807, 2.05) is 16.7 Å². The van der Waals surface area contributed by atoms with Crippen molar-refractivity contribution in [1.82, 2.24) is 9.80 Å². The summed E-state index contributed by atoms with van der Waals surface area (Å²) >= 11 is 0. The molecule has 5 atom stereocenters. The van der Waals surface area contributed by atoms with Gasteiger partial charge in [-0.3, -0.25) is 9.59 Å². The highest BCUT2D eigenvalue weighted by Gasteiger charge is 2.50. The highest BCUT2D eigenvalue weighted by atomic mass is 16.2. The van der Waals surface area contributed by atoms with Crippen molar-refractivity contribution in [2.75, 3.05) is 6.54 Å². The summed E-state index contributed by atoms with van der Waals surface area (Å²) in [6, 6.07) is -0.152. The van der Waals surface area contributed by atoms with Gasteiger partial charge in [0.15, 0.2) is 0 Å². The van der Waals surface area contributed by atoms with Gasteiger partial charge in [-0.15, -0.1) is 0 Å². The third kappa shape index (κ3) is 1.87. The largest absolute Gasteiger partial charge is 0.329 e. The van der Waals surface area contributed by atoms with E-state index in [9.17, 15) is 9.59 Å². The normalized spacial score (nSPS) is 41.5. The summed E-state index contributed by atoms with van der Waals surface area (Å²) in [4.78, 5) is 29.1. The summed E-state index contributed by atoms with van der Waals surface area (Å²) in [6.07, 6.45) is 5.27. The Labute approximate surface area is 121 Å². The van der Waals surface area contributed by atoms with Crippen LogP contribution in [0.2, 0.25) is 0 Å². The number of amides is 2. The van der Waals surface area contributed by atoms with Crippen molar-refractivity contribution in [1.29, 1.82) is 0 Å². The van der Waals surface area contributed by atoms with E-state index in [0.717, 1.165) is 25.8 Å². The zero-order chi connectivity index (χ0) is 14.4. The molecule has 0 N–H and O–H groups in total. The number of hydrogen-bond donors (Lipinski definition) is 0. The Kier molecular flexibility index (Phi) is 3.51. The number of hydrogen-bond acceptors (Lipinski definition) is 2. The molecular weight excluding hydrogens is 252 g/mol. The standard InChI is InChI=1S/C16H26N2O2/c1-4-12-7-8-13(10(12)2)18-11(3)15(19)17-9-5-6-14(17)16(18)20/h10-14H,4-9H2,1-3H3. The minimum Gasteiger partial charge on any atom is -0.329 e. The average Bonchev–Trinajstić information content (AvgIpc) is 3.04. The fraction of sp³-hybridized carbons (Fsp3) is 0.875. The van der Waals surface area contributed by atoms with Crippen molar-refractivity contribution in [2.24, 2.45) is 11.8 Å². The minimum absolute atomic E-state index is 0.161. The second kappa shape index (κ2) is 5.05. The zero-order valence-corrected chi connectivity index (χ0v) is 12.8. The van der Waals surface area contributed by atoms with Crippen LogP contribution >= 0.6 is 0 Å². The maximum Gasteiger partial charge on any atom is 0.246 e. The van der Waals surface area contributed by atoms with Crippen LogP contribution in [0.1, 0.15) is 52.9 Å². The molecular formula is C16H26N2O2. The highest BCUT2D eigenvalue weighted by molar-refractivity contribution is 5.97. The highest BCUT2D eigenvalue weighted by Crippen LogP contribution is 2.40. The summed E-state index contributed by atoms with van der Waals surface area (Å²) in [5, 5.41) is 0. The molecule has 2 amide bonds. The molecule has 1 aliphatic carbocycles. The Morgan fingerprint density at radius 1 is 1.10 bits per heavy atom. The average molecular weight is 278 g/mol. The van der Waals surface area contributed by atoms with Crippen molar-refractivity contribution in [2.45, 2.75) is 71.0 Å². The molecule has 0 aromatic carbocycles. The first-order valence-electron chi connectivity index (χ1n) is 8.19. The molecule has 1 saturated carbocycles. The summed E-state index contributed by atoms with van der Waals surface area (Å²) in [6.45, 7) is 7.18. The molecule has 3 rings (SSSR count). The molecule has 2 heterocycles. The van der Waals surface area contributed by atoms with Gasteiger partial charge in [-0.05, 0) is 44.4 Å². The topological polar surface area (TPSA) is 40.6 Å². The van der Waals surface area contributed by atoms with Gasteiger partial charge in [-0.2, -0.15) is 0 Å². The number of carbonyl (C=O) groups is 2. The molecule has 0 spiro atoms. The molecule has 20 heavy (non-hydrogen) atoms. The summed E-state index contributed by atoms with van der Waals surface area (Å²) in [5.74, 6) is 1.60. The number of carbonyl (C=O) groups excluding carboxylic acids is 2. The van der Waals surface area contributed by atoms with Crippen LogP contribution in [0.3, 0.4) is 0 Å². The third-order valence-corrected chi connectivity index (χ3v) is 5.92. The Morgan fingerprint density at radius 3 is 2.50 bits per heavy atom. The van der Waals surface area contributed by atoms with Gasteiger partial charge in [0.2, 0.25) is 11.8 Å². The van der Waals surface area contributed by atoms with E-state index in [4.69, 9.17) is 0 Å². The lowest BCUT2D eigenvalue weighted by Crippen LogP contribution is -2.64. The lowest BCUT2D eigenvalue weighted by atomic mass is 9.91. The Morgan fingerprint density at radius 2 is 1.85 bits per heavy atom. The number of rotatable bonds is 2. The van der Waals surface area contributed by atoms with E-state index in [1.165, 1.54) is 12.8 Å². The number of fused-ring (bicyclic) bond motifs is 1. The lowest BCUT2D eigenvalue weighted by Gasteiger charge is -2.45. The molecule has 0 aromatic rings. The fourth-order valence-corrected chi connectivity index (χ4v) is 4.65. The molecule has 5 unspecified atom stereocenters. The van der Waals surface area contributed by atoms with Gasteiger partial charge in [0.1, 0.15) is 12.1 Å². The monoisotopic (exact) mass is 278 g/mol. The van der Waals surface area contributed by atoms with Gasteiger partial charge in [-0.1, -0.05) is 20.3 Å². The molecule has 3 fully saturated rings. The van der Waals surface area contributed by atoms with Gasteiger partial charge in [0, 0.05) is 12.6 Å². The van der Waals surface area contributed by atoms with Crippen LogP contribution in [0, 0.1) is 11.8 Å². The smallest absolute Gasteiger partial charge is 0.246 e. The molecule has 112 valence electrons. The van der Waals surface area contributed by atoms with Crippen LogP contribution in [-0.2, 0) is 9.59 Å². The van der Waals surface area contributed by atoms with Crippen LogP contribution in [0.15, 0.2) is 0 Å². The van der Waals surface area contributed by atoms with Crippen molar-refractivity contribution >= 4 is 11.8 Å². The predicted molar refractivity (Wildman–Crippen MR) is 77.0 cm³/mol. The molecule has 2 saturated heterocycles. The molecule has 0 aromatic heterocycles. The first-order valence-corrected chi connectivity index (χ1v) is 8.19. The quantitative estimate of drug-likeness (QED) is 0.775. The maximum absolute atomic E-state index is 12.8. The Hall–Kier alpha value is -1.06. The van der Waals surface area contributed by atoms with Crippen molar-refractivity contribution in [3.05, 3.63) is 0 Å². The van der Waals surface area contributed by atoms with Crippen molar-refractivity contribution in [3.8, 4) is 0 Å². The number of nitrogens with zero attached hydrogens (tertiary/aromatic N) is 2. The molecule has 2 aliphatic heterocycles. The van der Waals surface area contributed by atoms with E-state index >= 15 is 0 Å². The van der Waals surface area contributed by atoms with Crippen molar-refractivity contribution < 1.29 is 9.59 Å². The zero-order valence-electron chi connectivity index (χ0n) is 12.8. The van der Waals surface area contributed by atoms with Gasteiger partial charge in [0.05, 0.1) is 0 Å². The lowest BCUT2D eigenvalue weighted by molar-refractivity contribution is -0.162. The molecule has 4 nitrogen and oxygen atoms in total. The van der Waals surface area contributed by atoms with Crippen LogP contribution in [0.25, 0.3) is 0 Å². The van der Waals surface area contributed by atoms with E-state index in [2.05, 4.69) is 13.8 Å². The van der Waals surface area contributed by atoms with Gasteiger partial charge in [0.25, 0.3) is 0 Å². The van der Waals surface area contributed by atoms with E-state index in [-0.39, 0.29) is 29.9 Å². The van der Waals surface area contributed by atoms with Crippen LogP contribution < -0.4 is 0 Å². The molecule has 4 heteroatoms. The van der Waals surface area contributed by atoms with Gasteiger partial charge < -0.3 is 9.80 Å². The summed E-state index contributed by atoms with van der Waals surface area (Å²) in [7, 11) is 0. The maximum atomic E-state index is 12.8. The Balaban J connectivity index is 1.85. The van der Waals surface area contributed by atoms with Gasteiger partial charge >= 0.3 is 0 Å². The molecule has 0 radical (unpaired) electrons. The van der Waals surface area contributed by atoms with Crippen molar-refractivity contribution in [3.63, 3.8) is 0 Å². The Bertz CT molecular complexity index is 423. The minimum atomic E-state index is -0.264. The second-order valence-corrected chi connectivity index (χ2v) is 6.78. The fourth-order valence-electron chi connectivity index (χ4n) is 4.65. The van der Waals surface area contributed by atoms with E-state index in [0.29, 0.717) is 11.8 Å². The first-order chi connectivity index (χ1) is 9.56. The van der Waals surface area contributed by atoms with E-state index < -0.39 is 0 Å². The third-order valence-electron chi connectivity index (χ3n) is 5.92. The van der Waals surface area contributed by atoms with Crippen LogP contribution in [0.4, 0.5) is 0 Å². The number of piperazine rings is 1. The molecule has 0 bridgehead atoms. The molecule has 3 aliphatic rings. The first kappa shape index (κ1) is 13.9. The van der Waals surface area contributed by atoms with Gasteiger partial charge in [-0.25, -0.2) is 0 Å².